The molecule has 0 radical (unpaired) electrons. The summed E-state index contributed by atoms with van der Waals surface area (Å²) in [5.74, 6) is -0.290. The molecule has 1 aromatic carbocycles. The van der Waals surface area contributed by atoms with E-state index in [1.54, 1.807) is 13.0 Å². The monoisotopic (exact) mass is 310 g/mol. The number of nitro benzene ring substituents is 1. The Kier molecular flexibility index (Phi) is 4.69. The Bertz CT molecular complexity index is 734. The molecule has 21 heavy (non-hydrogen) atoms. The zero-order valence-corrected chi connectivity index (χ0v) is 12.2. The van der Waals surface area contributed by atoms with E-state index in [0.29, 0.717) is 29.7 Å². The van der Waals surface area contributed by atoms with Gasteiger partial charge < -0.3 is 4.74 Å². The van der Waals surface area contributed by atoms with Crippen LogP contribution in [0.3, 0.4) is 0 Å². The lowest BCUT2D eigenvalue weighted by Crippen LogP contribution is -2.14. The van der Waals surface area contributed by atoms with Crippen LogP contribution in [0.15, 0.2) is 23.0 Å². The third-order valence-electron chi connectivity index (χ3n) is 2.89. The number of hydrogen-bond donors (Lipinski definition) is 0. The molecule has 0 saturated carbocycles. The van der Waals surface area contributed by atoms with Crippen LogP contribution in [0, 0.1) is 10.1 Å². The number of carbonyl (C=O) groups excluding carboxylic acids is 1. The molecule has 0 unspecified atom stereocenters. The number of aryl methyl sites for hydroxylation is 1. The number of ether oxygens (including phenoxy) is 1. The first-order chi connectivity index (χ1) is 10.0. The van der Waals surface area contributed by atoms with E-state index < -0.39 is 4.92 Å². The van der Waals surface area contributed by atoms with Gasteiger partial charge in [-0.05, 0) is 19.4 Å². The van der Waals surface area contributed by atoms with Crippen LogP contribution in [-0.4, -0.2) is 21.5 Å². The van der Waals surface area contributed by atoms with Gasteiger partial charge in [0.1, 0.15) is 0 Å². The van der Waals surface area contributed by atoms with Crippen molar-refractivity contribution in [2.45, 2.75) is 26.3 Å². The van der Waals surface area contributed by atoms with Crippen LogP contribution in [0.25, 0.3) is 10.1 Å². The number of nitrogens with zero attached hydrogens (tertiary/aromatic N) is 2. The number of esters is 1. The summed E-state index contributed by atoms with van der Waals surface area (Å²) in [5.41, 5.74) is -0.362. The van der Waals surface area contributed by atoms with Crippen LogP contribution < -0.4 is 5.56 Å². The highest BCUT2D eigenvalue weighted by Gasteiger charge is 2.13. The highest BCUT2D eigenvalue weighted by Crippen LogP contribution is 2.22. The molecule has 7 nitrogen and oxygen atoms in total. The van der Waals surface area contributed by atoms with Crippen molar-refractivity contribution in [1.29, 1.82) is 0 Å². The normalized spacial score (nSPS) is 10.7. The molecule has 0 aliphatic rings. The lowest BCUT2D eigenvalue weighted by Gasteiger charge is -2.01. The molecule has 0 aliphatic heterocycles. The van der Waals surface area contributed by atoms with Gasteiger partial charge in [-0.2, -0.15) is 0 Å². The predicted octanol–water partition coefficient (Wildman–Crippen LogP) is 2.31. The minimum absolute atomic E-state index is 0.101. The molecule has 0 bridgehead atoms. The van der Waals surface area contributed by atoms with Crippen LogP contribution in [0.2, 0.25) is 0 Å². The van der Waals surface area contributed by atoms with Crippen LogP contribution >= 0.6 is 11.5 Å². The van der Waals surface area contributed by atoms with Gasteiger partial charge in [0.2, 0.25) is 0 Å². The number of nitro groups is 1. The van der Waals surface area contributed by atoms with Crippen molar-refractivity contribution in [3.8, 4) is 0 Å². The Labute approximate surface area is 124 Å². The molecule has 0 saturated heterocycles. The summed E-state index contributed by atoms with van der Waals surface area (Å²) >= 11 is 1.24. The summed E-state index contributed by atoms with van der Waals surface area (Å²) in [7, 11) is 0. The molecule has 0 atom stereocenters. The largest absolute Gasteiger partial charge is 0.466 e. The average molecular weight is 310 g/mol. The minimum atomic E-state index is -0.526. The molecule has 8 heteroatoms. The van der Waals surface area contributed by atoms with E-state index in [0.717, 1.165) is 0 Å². The summed E-state index contributed by atoms with van der Waals surface area (Å²) in [4.78, 5) is 33.6. The topological polar surface area (TPSA) is 91.4 Å². The standard InChI is InChI=1S/C13H14N2O5S/c1-2-20-12(16)4-3-7-14-13(17)10-8-9(15(18)19)5-6-11(10)21-14/h5-6,8H,2-4,7H2,1H3. The number of non-ortho nitro benzene ring substituents is 1. The first-order valence-corrected chi connectivity index (χ1v) is 7.24. The SMILES string of the molecule is CCOC(=O)CCCn1sc2ccc([N+](=O)[O-])cc2c1=O. The van der Waals surface area contributed by atoms with Gasteiger partial charge in [0.05, 0.1) is 21.6 Å². The second-order valence-corrected chi connectivity index (χ2v) is 5.41. The highest BCUT2D eigenvalue weighted by atomic mass is 32.1. The van der Waals surface area contributed by atoms with Crippen LogP contribution in [-0.2, 0) is 16.1 Å². The molecular weight excluding hydrogens is 296 g/mol. The third kappa shape index (κ3) is 3.46. The minimum Gasteiger partial charge on any atom is -0.466 e. The molecule has 1 aromatic heterocycles. The second kappa shape index (κ2) is 6.49. The van der Waals surface area contributed by atoms with E-state index in [-0.39, 0.29) is 23.6 Å². The Balaban J connectivity index is 2.14. The van der Waals surface area contributed by atoms with E-state index in [9.17, 15) is 19.7 Å². The van der Waals surface area contributed by atoms with Crippen molar-refractivity contribution in [1.82, 2.24) is 3.96 Å². The molecule has 0 spiro atoms. The third-order valence-corrected chi connectivity index (χ3v) is 4.01. The van der Waals surface area contributed by atoms with Gasteiger partial charge in [0.15, 0.2) is 0 Å². The lowest BCUT2D eigenvalue weighted by atomic mass is 10.2. The van der Waals surface area contributed by atoms with Gasteiger partial charge in [0.25, 0.3) is 11.2 Å². The molecule has 0 amide bonds. The first-order valence-electron chi connectivity index (χ1n) is 6.47. The van der Waals surface area contributed by atoms with Crippen LogP contribution in [0.5, 0.6) is 0 Å². The predicted molar refractivity (Wildman–Crippen MR) is 78.6 cm³/mol. The van der Waals surface area contributed by atoms with E-state index in [4.69, 9.17) is 4.74 Å². The van der Waals surface area contributed by atoms with Crippen molar-refractivity contribution in [3.63, 3.8) is 0 Å². The van der Waals surface area contributed by atoms with Crippen molar-refractivity contribution >= 4 is 33.3 Å². The molecular formula is C13H14N2O5S. The van der Waals surface area contributed by atoms with E-state index in [1.165, 1.54) is 27.6 Å². The Morgan fingerprint density at radius 3 is 2.90 bits per heavy atom. The maximum absolute atomic E-state index is 12.1. The number of aromatic nitrogens is 1. The molecule has 2 aromatic rings. The number of carbonyl (C=O) groups is 1. The van der Waals surface area contributed by atoms with Crippen molar-refractivity contribution in [2.24, 2.45) is 0 Å². The summed E-state index contributed by atoms with van der Waals surface area (Å²) in [5, 5.41) is 11.1. The Morgan fingerprint density at radius 1 is 1.48 bits per heavy atom. The van der Waals surface area contributed by atoms with Gasteiger partial charge in [-0.1, -0.05) is 11.5 Å². The average Bonchev–Trinajstić information content (AvgIpc) is 2.75. The van der Waals surface area contributed by atoms with Crippen molar-refractivity contribution < 1.29 is 14.5 Å². The van der Waals surface area contributed by atoms with Gasteiger partial charge in [-0.25, -0.2) is 0 Å². The fourth-order valence-corrected chi connectivity index (χ4v) is 2.93. The van der Waals surface area contributed by atoms with E-state index in [1.807, 2.05) is 0 Å². The van der Waals surface area contributed by atoms with E-state index in [2.05, 4.69) is 0 Å². The fourth-order valence-electron chi connectivity index (χ4n) is 1.92. The molecule has 1 heterocycles. The molecule has 112 valence electrons. The zero-order chi connectivity index (χ0) is 15.4. The van der Waals surface area contributed by atoms with Gasteiger partial charge in [0, 0.05) is 25.1 Å². The Morgan fingerprint density at radius 2 is 2.24 bits per heavy atom. The molecule has 2 rings (SSSR count). The summed E-state index contributed by atoms with van der Waals surface area (Å²) < 4.78 is 7.02. The smallest absolute Gasteiger partial charge is 0.305 e. The number of hydrogen-bond acceptors (Lipinski definition) is 6. The second-order valence-electron chi connectivity index (χ2n) is 4.34. The fraction of sp³-hybridized carbons (Fsp3) is 0.385. The summed E-state index contributed by atoms with van der Waals surface area (Å²) in [6, 6.07) is 4.23. The number of fused-ring (bicyclic) bond motifs is 1. The van der Waals surface area contributed by atoms with Crippen LogP contribution in [0.4, 0.5) is 5.69 Å². The first kappa shape index (κ1) is 15.2. The highest BCUT2D eigenvalue weighted by molar-refractivity contribution is 7.13. The van der Waals surface area contributed by atoms with Crippen molar-refractivity contribution in [3.05, 3.63) is 38.7 Å². The lowest BCUT2D eigenvalue weighted by molar-refractivity contribution is -0.384. The van der Waals surface area contributed by atoms with E-state index >= 15 is 0 Å². The summed E-state index contributed by atoms with van der Waals surface area (Å²) in [6.45, 7) is 2.47. The zero-order valence-electron chi connectivity index (χ0n) is 11.4. The van der Waals surface area contributed by atoms with Gasteiger partial charge in [-0.15, -0.1) is 0 Å². The Hall–Kier alpha value is -2.22. The van der Waals surface area contributed by atoms with Crippen molar-refractivity contribution in [2.75, 3.05) is 6.61 Å². The maximum atomic E-state index is 12.1. The molecule has 0 aliphatic carbocycles. The molecule has 0 fully saturated rings. The quantitative estimate of drug-likeness (QED) is 0.464. The van der Waals surface area contributed by atoms with Gasteiger partial charge in [-0.3, -0.25) is 23.7 Å². The number of rotatable bonds is 6. The maximum Gasteiger partial charge on any atom is 0.305 e. The molecule has 0 N–H and O–H groups in total. The number of benzene rings is 1. The van der Waals surface area contributed by atoms with Crippen LogP contribution in [0.1, 0.15) is 19.8 Å². The van der Waals surface area contributed by atoms with Gasteiger partial charge >= 0.3 is 5.97 Å². The summed E-state index contributed by atoms with van der Waals surface area (Å²) in [6.07, 6.45) is 0.738.